The van der Waals surface area contributed by atoms with E-state index in [0.717, 1.165) is 32.2 Å². The molecule has 1 heterocycles. The summed E-state index contributed by atoms with van der Waals surface area (Å²) in [5.74, 6) is 0.835. The average Bonchev–Trinajstić information content (AvgIpc) is 2.50. The van der Waals surface area contributed by atoms with Crippen LogP contribution in [0, 0.1) is 5.92 Å². The zero-order chi connectivity index (χ0) is 14.2. The molecule has 2 atom stereocenters. The van der Waals surface area contributed by atoms with Gasteiger partial charge in [-0.15, -0.1) is 0 Å². The van der Waals surface area contributed by atoms with E-state index in [-0.39, 0.29) is 0 Å². The van der Waals surface area contributed by atoms with Crippen molar-refractivity contribution in [1.82, 2.24) is 10.2 Å². The average molecular weight is 282 g/mol. The van der Waals surface area contributed by atoms with Crippen molar-refractivity contribution in [2.24, 2.45) is 5.92 Å². The summed E-state index contributed by atoms with van der Waals surface area (Å²) in [5, 5.41) is 3.82. The van der Waals surface area contributed by atoms with Crippen LogP contribution in [0.25, 0.3) is 0 Å². The molecular formula is C17H34N2O. The van der Waals surface area contributed by atoms with Crippen LogP contribution in [-0.2, 0) is 4.74 Å². The van der Waals surface area contributed by atoms with Gasteiger partial charge < -0.3 is 10.1 Å². The van der Waals surface area contributed by atoms with Crippen LogP contribution in [0.4, 0.5) is 0 Å². The molecule has 3 nitrogen and oxygen atoms in total. The summed E-state index contributed by atoms with van der Waals surface area (Å²) in [6, 6.07) is 0.579. The Morgan fingerprint density at radius 2 is 1.95 bits per heavy atom. The summed E-state index contributed by atoms with van der Waals surface area (Å²) in [6.07, 6.45) is 9.94. The van der Waals surface area contributed by atoms with Crippen molar-refractivity contribution in [3.63, 3.8) is 0 Å². The first-order valence-corrected chi connectivity index (χ1v) is 8.92. The van der Waals surface area contributed by atoms with Crippen LogP contribution in [0.1, 0.15) is 58.8 Å². The highest BCUT2D eigenvalue weighted by Gasteiger charge is 2.33. The van der Waals surface area contributed by atoms with Gasteiger partial charge in [0.05, 0.1) is 12.7 Å². The van der Waals surface area contributed by atoms with Crippen molar-refractivity contribution in [3.8, 4) is 0 Å². The molecule has 1 aliphatic carbocycles. The maximum absolute atomic E-state index is 6.16. The molecule has 118 valence electrons. The second-order valence-corrected chi connectivity index (χ2v) is 6.59. The molecule has 0 amide bonds. The first-order valence-electron chi connectivity index (χ1n) is 8.92. The number of morpholine rings is 1. The van der Waals surface area contributed by atoms with E-state index in [1.54, 1.807) is 0 Å². The molecule has 0 aromatic heterocycles. The molecule has 1 saturated carbocycles. The van der Waals surface area contributed by atoms with Gasteiger partial charge in [0, 0.05) is 19.1 Å². The predicted molar refractivity (Wildman–Crippen MR) is 85.1 cm³/mol. The van der Waals surface area contributed by atoms with Crippen molar-refractivity contribution in [1.29, 1.82) is 0 Å². The van der Waals surface area contributed by atoms with Gasteiger partial charge in [0.15, 0.2) is 0 Å². The third-order valence-corrected chi connectivity index (χ3v) is 4.91. The second-order valence-electron chi connectivity index (χ2n) is 6.59. The van der Waals surface area contributed by atoms with Crippen molar-refractivity contribution in [2.45, 2.75) is 70.9 Å². The molecule has 2 fully saturated rings. The van der Waals surface area contributed by atoms with E-state index < -0.39 is 0 Å². The Hall–Kier alpha value is -0.120. The Morgan fingerprint density at radius 3 is 2.65 bits per heavy atom. The number of rotatable bonds is 7. The number of hydrogen-bond donors (Lipinski definition) is 1. The Labute approximate surface area is 125 Å². The summed E-state index contributed by atoms with van der Waals surface area (Å²) in [6.45, 7) is 10.1. The van der Waals surface area contributed by atoms with Gasteiger partial charge in [-0.2, -0.15) is 0 Å². The third-order valence-electron chi connectivity index (χ3n) is 4.91. The minimum Gasteiger partial charge on any atom is -0.374 e. The van der Waals surface area contributed by atoms with Gasteiger partial charge in [-0.05, 0) is 44.7 Å². The van der Waals surface area contributed by atoms with Gasteiger partial charge in [0.1, 0.15) is 0 Å². The van der Waals surface area contributed by atoms with Crippen LogP contribution in [0.15, 0.2) is 0 Å². The molecule has 0 aromatic carbocycles. The number of nitrogens with one attached hydrogen (secondary N) is 1. The molecular weight excluding hydrogens is 248 g/mol. The van der Waals surface area contributed by atoms with E-state index >= 15 is 0 Å². The van der Waals surface area contributed by atoms with Crippen LogP contribution in [0.3, 0.4) is 0 Å². The highest BCUT2D eigenvalue weighted by Crippen LogP contribution is 2.29. The van der Waals surface area contributed by atoms with Crippen LogP contribution in [-0.4, -0.2) is 49.8 Å². The van der Waals surface area contributed by atoms with Crippen LogP contribution in [0.2, 0.25) is 0 Å². The summed E-state index contributed by atoms with van der Waals surface area (Å²) >= 11 is 0. The molecule has 2 aliphatic rings. The van der Waals surface area contributed by atoms with Gasteiger partial charge in [-0.25, -0.2) is 0 Å². The van der Waals surface area contributed by atoms with Gasteiger partial charge in [-0.3, -0.25) is 4.90 Å². The number of hydrogen-bond acceptors (Lipinski definition) is 3. The lowest BCUT2D eigenvalue weighted by Crippen LogP contribution is -2.55. The Bertz CT molecular complexity index is 251. The summed E-state index contributed by atoms with van der Waals surface area (Å²) in [7, 11) is 0. The van der Waals surface area contributed by atoms with E-state index in [0.29, 0.717) is 12.1 Å². The second kappa shape index (κ2) is 9.01. The standard InChI is InChI=1S/C17H34N2O/c1-3-10-18-17(15-8-6-5-7-9-15)16-14-19(11-4-2)12-13-20-16/h15-18H,3-14H2,1-2H3. The molecule has 2 rings (SSSR count). The largest absolute Gasteiger partial charge is 0.374 e. The van der Waals surface area contributed by atoms with E-state index in [9.17, 15) is 0 Å². The Kier molecular flexibility index (Phi) is 7.32. The van der Waals surface area contributed by atoms with Gasteiger partial charge in [0.2, 0.25) is 0 Å². The molecule has 1 N–H and O–H groups in total. The molecule has 0 radical (unpaired) electrons. The van der Waals surface area contributed by atoms with Gasteiger partial charge >= 0.3 is 0 Å². The normalized spacial score (nSPS) is 27.6. The summed E-state index contributed by atoms with van der Waals surface area (Å²) < 4.78 is 6.16. The molecule has 1 saturated heterocycles. The lowest BCUT2D eigenvalue weighted by atomic mass is 9.81. The molecule has 0 spiro atoms. The van der Waals surface area contributed by atoms with E-state index in [1.807, 2.05) is 0 Å². The van der Waals surface area contributed by atoms with Crippen molar-refractivity contribution < 1.29 is 4.74 Å². The molecule has 0 bridgehead atoms. The number of nitrogens with zero attached hydrogens (tertiary/aromatic N) is 1. The molecule has 1 aliphatic heterocycles. The zero-order valence-electron chi connectivity index (χ0n) is 13.6. The predicted octanol–water partition coefficient (Wildman–Crippen LogP) is 3.05. The Balaban J connectivity index is 1.93. The SMILES string of the molecule is CCCNC(C1CCCCC1)C1CN(CCC)CCO1. The van der Waals surface area contributed by atoms with Crippen LogP contribution < -0.4 is 5.32 Å². The topological polar surface area (TPSA) is 24.5 Å². The molecule has 2 unspecified atom stereocenters. The quantitative estimate of drug-likeness (QED) is 0.777. The number of ether oxygens (including phenoxy) is 1. The highest BCUT2D eigenvalue weighted by molar-refractivity contribution is 4.89. The third kappa shape index (κ3) is 4.71. The maximum Gasteiger partial charge on any atom is 0.0857 e. The van der Waals surface area contributed by atoms with Crippen molar-refractivity contribution in [2.75, 3.05) is 32.8 Å². The fraction of sp³-hybridized carbons (Fsp3) is 1.00. The molecule has 0 aromatic rings. The van der Waals surface area contributed by atoms with Crippen molar-refractivity contribution in [3.05, 3.63) is 0 Å². The van der Waals surface area contributed by atoms with E-state index in [1.165, 1.54) is 51.5 Å². The maximum atomic E-state index is 6.16. The van der Waals surface area contributed by atoms with E-state index in [2.05, 4.69) is 24.1 Å². The smallest absolute Gasteiger partial charge is 0.0857 e. The lowest BCUT2D eigenvalue weighted by Gasteiger charge is -2.41. The van der Waals surface area contributed by atoms with Crippen LogP contribution >= 0.6 is 0 Å². The first-order chi connectivity index (χ1) is 9.85. The highest BCUT2D eigenvalue weighted by atomic mass is 16.5. The van der Waals surface area contributed by atoms with E-state index in [4.69, 9.17) is 4.74 Å². The summed E-state index contributed by atoms with van der Waals surface area (Å²) in [5.41, 5.74) is 0. The fourth-order valence-electron chi connectivity index (χ4n) is 3.87. The fourth-order valence-corrected chi connectivity index (χ4v) is 3.87. The lowest BCUT2D eigenvalue weighted by molar-refractivity contribution is -0.0592. The van der Waals surface area contributed by atoms with Gasteiger partial charge in [0.25, 0.3) is 0 Å². The van der Waals surface area contributed by atoms with Crippen molar-refractivity contribution >= 4 is 0 Å². The first kappa shape index (κ1) is 16.3. The van der Waals surface area contributed by atoms with Crippen LogP contribution in [0.5, 0.6) is 0 Å². The summed E-state index contributed by atoms with van der Waals surface area (Å²) in [4.78, 5) is 2.59. The van der Waals surface area contributed by atoms with Gasteiger partial charge in [-0.1, -0.05) is 33.1 Å². The minimum absolute atomic E-state index is 0.407. The molecule has 3 heteroatoms. The zero-order valence-corrected chi connectivity index (χ0v) is 13.6. The Morgan fingerprint density at radius 1 is 1.15 bits per heavy atom. The molecule has 20 heavy (non-hydrogen) atoms. The minimum atomic E-state index is 0.407. The monoisotopic (exact) mass is 282 g/mol.